The first-order chi connectivity index (χ1) is 8.39. The van der Waals surface area contributed by atoms with Crippen molar-refractivity contribution in [2.75, 3.05) is 40.8 Å². The lowest BCUT2D eigenvalue weighted by Crippen LogP contribution is -2.56. The molecule has 1 fully saturated rings. The Morgan fingerprint density at radius 3 is 2.06 bits per heavy atom. The van der Waals surface area contributed by atoms with Gasteiger partial charge in [-0.25, -0.2) is 0 Å². The van der Waals surface area contributed by atoms with Crippen LogP contribution in [0.15, 0.2) is 0 Å². The fraction of sp³-hybridized carbons (Fsp3) is 1.00. The van der Waals surface area contributed by atoms with Gasteiger partial charge in [0.25, 0.3) is 0 Å². The zero-order valence-corrected chi connectivity index (χ0v) is 13.1. The molecular formula is C15H33N3. The van der Waals surface area contributed by atoms with Crippen molar-refractivity contribution < 1.29 is 0 Å². The standard InChI is InChI=1S/C15H33N3/c1-13-9-14(2)11-15(10-13,12-16)18(5)8-6-7-17(3)4/h13-14H,6-12,16H2,1-5H3. The van der Waals surface area contributed by atoms with Gasteiger partial charge in [-0.15, -0.1) is 0 Å². The molecule has 0 aromatic heterocycles. The number of hydrogen-bond acceptors (Lipinski definition) is 3. The second-order valence-electron chi connectivity index (χ2n) is 6.86. The van der Waals surface area contributed by atoms with Crippen LogP contribution in [0.2, 0.25) is 0 Å². The van der Waals surface area contributed by atoms with Gasteiger partial charge in [-0.3, -0.25) is 4.90 Å². The van der Waals surface area contributed by atoms with Crippen LogP contribution in [0.3, 0.4) is 0 Å². The summed E-state index contributed by atoms with van der Waals surface area (Å²) in [6.07, 6.45) is 5.14. The number of likely N-dealkylation sites (N-methyl/N-ethyl adjacent to an activating group) is 1. The van der Waals surface area contributed by atoms with Gasteiger partial charge in [0, 0.05) is 12.1 Å². The van der Waals surface area contributed by atoms with E-state index in [4.69, 9.17) is 5.73 Å². The van der Waals surface area contributed by atoms with Gasteiger partial charge in [0.2, 0.25) is 0 Å². The van der Waals surface area contributed by atoms with Crippen molar-refractivity contribution in [1.82, 2.24) is 9.80 Å². The highest BCUT2D eigenvalue weighted by atomic mass is 15.2. The van der Waals surface area contributed by atoms with Gasteiger partial charge < -0.3 is 10.6 Å². The Morgan fingerprint density at radius 2 is 1.61 bits per heavy atom. The Bertz CT molecular complexity index is 230. The molecular weight excluding hydrogens is 222 g/mol. The summed E-state index contributed by atoms with van der Waals surface area (Å²) in [6.45, 7) is 7.90. The molecule has 0 amide bonds. The van der Waals surface area contributed by atoms with Crippen LogP contribution in [0, 0.1) is 11.8 Å². The van der Waals surface area contributed by atoms with E-state index < -0.39 is 0 Å². The van der Waals surface area contributed by atoms with E-state index in [0.717, 1.165) is 31.5 Å². The van der Waals surface area contributed by atoms with Crippen molar-refractivity contribution in [2.24, 2.45) is 17.6 Å². The maximum absolute atomic E-state index is 6.14. The molecule has 0 radical (unpaired) electrons. The summed E-state index contributed by atoms with van der Waals surface area (Å²) in [5.41, 5.74) is 6.40. The monoisotopic (exact) mass is 255 g/mol. The van der Waals surface area contributed by atoms with E-state index in [1.54, 1.807) is 0 Å². The molecule has 108 valence electrons. The van der Waals surface area contributed by atoms with Crippen molar-refractivity contribution in [3.63, 3.8) is 0 Å². The minimum Gasteiger partial charge on any atom is -0.329 e. The number of nitrogens with two attached hydrogens (primary N) is 1. The van der Waals surface area contributed by atoms with Crippen LogP contribution >= 0.6 is 0 Å². The predicted octanol–water partition coefficient (Wildman–Crippen LogP) is 2.02. The first-order valence-electron chi connectivity index (χ1n) is 7.45. The van der Waals surface area contributed by atoms with Crippen LogP contribution in [0.1, 0.15) is 39.5 Å². The van der Waals surface area contributed by atoms with E-state index >= 15 is 0 Å². The lowest BCUT2D eigenvalue weighted by Gasteiger charge is -2.48. The number of rotatable bonds is 6. The van der Waals surface area contributed by atoms with E-state index in [0.29, 0.717) is 0 Å². The molecule has 0 aromatic carbocycles. The molecule has 0 heterocycles. The minimum atomic E-state index is 0.253. The Hall–Kier alpha value is -0.120. The van der Waals surface area contributed by atoms with E-state index in [2.05, 4.69) is 44.8 Å². The minimum absolute atomic E-state index is 0.253. The molecule has 3 nitrogen and oxygen atoms in total. The average molecular weight is 255 g/mol. The lowest BCUT2D eigenvalue weighted by atomic mass is 9.71. The second-order valence-corrected chi connectivity index (χ2v) is 6.86. The summed E-state index contributed by atoms with van der Waals surface area (Å²) in [4.78, 5) is 4.80. The molecule has 0 bridgehead atoms. The van der Waals surface area contributed by atoms with Crippen molar-refractivity contribution in [3.05, 3.63) is 0 Å². The Kier molecular flexibility index (Phi) is 6.09. The Balaban J connectivity index is 2.56. The van der Waals surface area contributed by atoms with Crippen molar-refractivity contribution in [1.29, 1.82) is 0 Å². The van der Waals surface area contributed by atoms with Crippen LogP contribution in [0.5, 0.6) is 0 Å². The van der Waals surface area contributed by atoms with Crippen molar-refractivity contribution >= 4 is 0 Å². The highest BCUT2D eigenvalue weighted by Gasteiger charge is 2.39. The summed E-state index contributed by atoms with van der Waals surface area (Å²) < 4.78 is 0. The number of hydrogen-bond donors (Lipinski definition) is 1. The zero-order chi connectivity index (χ0) is 13.8. The molecule has 2 N–H and O–H groups in total. The lowest BCUT2D eigenvalue weighted by molar-refractivity contribution is 0.0370. The quantitative estimate of drug-likeness (QED) is 0.788. The molecule has 3 heteroatoms. The summed E-state index contributed by atoms with van der Waals surface area (Å²) >= 11 is 0. The van der Waals surface area contributed by atoms with Crippen LogP contribution in [0.25, 0.3) is 0 Å². The Labute approximate surface area is 114 Å². The van der Waals surface area contributed by atoms with Gasteiger partial charge in [0.15, 0.2) is 0 Å². The van der Waals surface area contributed by atoms with Gasteiger partial charge in [-0.05, 0) is 71.8 Å². The van der Waals surface area contributed by atoms with Crippen LogP contribution < -0.4 is 5.73 Å². The molecule has 1 aliphatic carbocycles. The highest BCUT2D eigenvalue weighted by molar-refractivity contribution is 4.96. The molecule has 0 aliphatic heterocycles. The van der Waals surface area contributed by atoms with Gasteiger partial charge >= 0.3 is 0 Å². The van der Waals surface area contributed by atoms with Gasteiger partial charge in [0.1, 0.15) is 0 Å². The summed E-state index contributed by atoms with van der Waals surface area (Å²) in [5.74, 6) is 1.63. The molecule has 0 saturated heterocycles. The summed E-state index contributed by atoms with van der Waals surface area (Å²) in [7, 11) is 6.56. The largest absolute Gasteiger partial charge is 0.329 e. The molecule has 2 atom stereocenters. The topological polar surface area (TPSA) is 32.5 Å². The van der Waals surface area contributed by atoms with Crippen LogP contribution in [-0.4, -0.2) is 56.1 Å². The molecule has 0 spiro atoms. The first kappa shape index (κ1) is 15.9. The zero-order valence-electron chi connectivity index (χ0n) is 13.1. The van der Waals surface area contributed by atoms with Crippen LogP contribution in [-0.2, 0) is 0 Å². The fourth-order valence-corrected chi connectivity index (χ4v) is 3.73. The Morgan fingerprint density at radius 1 is 1.06 bits per heavy atom. The molecule has 18 heavy (non-hydrogen) atoms. The summed E-state index contributed by atoms with van der Waals surface area (Å²) in [5, 5.41) is 0. The van der Waals surface area contributed by atoms with E-state index in [1.165, 1.54) is 25.7 Å². The molecule has 1 aliphatic rings. The van der Waals surface area contributed by atoms with E-state index in [1.807, 2.05) is 0 Å². The smallest absolute Gasteiger partial charge is 0.0333 e. The second kappa shape index (κ2) is 6.88. The first-order valence-corrected chi connectivity index (χ1v) is 7.45. The van der Waals surface area contributed by atoms with Gasteiger partial charge in [-0.2, -0.15) is 0 Å². The third-order valence-electron chi connectivity index (χ3n) is 4.55. The predicted molar refractivity (Wildman–Crippen MR) is 79.8 cm³/mol. The fourth-order valence-electron chi connectivity index (χ4n) is 3.73. The maximum atomic E-state index is 6.14. The molecule has 0 aromatic rings. The van der Waals surface area contributed by atoms with E-state index in [-0.39, 0.29) is 5.54 Å². The van der Waals surface area contributed by atoms with Crippen LogP contribution in [0.4, 0.5) is 0 Å². The molecule has 2 unspecified atom stereocenters. The average Bonchev–Trinajstić information content (AvgIpc) is 2.26. The normalized spacial score (nSPS) is 33.3. The third kappa shape index (κ3) is 4.22. The van der Waals surface area contributed by atoms with Gasteiger partial charge in [-0.1, -0.05) is 13.8 Å². The third-order valence-corrected chi connectivity index (χ3v) is 4.55. The highest BCUT2D eigenvalue weighted by Crippen LogP contribution is 2.38. The van der Waals surface area contributed by atoms with Gasteiger partial charge in [0.05, 0.1) is 0 Å². The summed E-state index contributed by atoms with van der Waals surface area (Å²) in [6, 6.07) is 0. The SMILES string of the molecule is CC1CC(C)CC(CN)(N(C)CCCN(C)C)C1. The number of nitrogens with zero attached hydrogens (tertiary/aromatic N) is 2. The van der Waals surface area contributed by atoms with Crippen molar-refractivity contribution in [2.45, 2.75) is 45.1 Å². The van der Waals surface area contributed by atoms with Crippen molar-refractivity contribution in [3.8, 4) is 0 Å². The molecule has 1 saturated carbocycles. The van der Waals surface area contributed by atoms with E-state index in [9.17, 15) is 0 Å². The maximum Gasteiger partial charge on any atom is 0.0333 e. The molecule has 1 rings (SSSR count).